The number of benzene rings is 2. The Bertz CT molecular complexity index is 1450. The van der Waals surface area contributed by atoms with Crippen molar-refractivity contribution in [3.63, 3.8) is 0 Å². The van der Waals surface area contributed by atoms with Crippen LogP contribution in [0.3, 0.4) is 0 Å². The van der Waals surface area contributed by atoms with E-state index in [2.05, 4.69) is 0 Å². The van der Waals surface area contributed by atoms with Crippen molar-refractivity contribution in [2.24, 2.45) is 0 Å². The highest BCUT2D eigenvalue weighted by Gasteiger charge is 2.22. The van der Waals surface area contributed by atoms with Crippen LogP contribution in [0.15, 0.2) is 81.7 Å². The lowest BCUT2D eigenvalue weighted by atomic mass is 10.1. The average molecular weight is 417 g/mol. The number of hydrogen-bond acceptors (Lipinski definition) is 5. The van der Waals surface area contributed by atoms with Gasteiger partial charge in [-0.05, 0) is 36.1 Å². The predicted octanol–water partition coefficient (Wildman–Crippen LogP) is 5.31. The van der Waals surface area contributed by atoms with Crippen molar-refractivity contribution < 1.29 is 0 Å². The fourth-order valence-corrected chi connectivity index (χ4v) is 5.33. The van der Waals surface area contributed by atoms with Crippen LogP contribution in [0.5, 0.6) is 0 Å². The van der Waals surface area contributed by atoms with Crippen molar-refractivity contribution in [1.82, 2.24) is 9.55 Å². The van der Waals surface area contributed by atoms with Crippen LogP contribution < -0.4 is 11.0 Å². The van der Waals surface area contributed by atoms with Crippen LogP contribution in [-0.2, 0) is 0 Å². The van der Waals surface area contributed by atoms with E-state index in [9.17, 15) is 9.59 Å². The number of hydrogen-bond donors (Lipinski definition) is 0. The minimum Gasteiger partial charge on any atom is -0.288 e. The highest BCUT2D eigenvalue weighted by atomic mass is 32.1. The summed E-state index contributed by atoms with van der Waals surface area (Å²) in [5.74, 6) is 0.597. The summed E-state index contributed by atoms with van der Waals surface area (Å²) in [5.41, 5.74) is 0.450. The van der Waals surface area contributed by atoms with E-state index >= 15 is 0 Å². The van der Waals surface area contributed by atoms with Crippen LogP contribution in [0.2, 0.25) is 0 Å². The van der Waals surface area contributed by atoms with Crippen LogP contribution in [0.1, 0.15) is 18.5 Å². The second-order valence-corrected chi connectivity index (χ2v) is 8.76. The number of rotatable bonds is 3. The quantitative estimate of drug-likeness (QED) is 0.375. The maximum Gasteiger partial charge on any atom is 0.267 e. The zero-order valence-electron chi connectivity index (χ0n) is 15.5. The van der Waals surface area contributed by atoms with Crippen LogP contribution in [-0.4, -0.2) is 9.55 Å². The molecule has 0 aliphatic carbocycles. The number of aromatic nitrogens is 2. The van der Waals surface area contributed by atoms with E-state index in [1.54, 1.807) is 10.6 Å². The van der Waals surface area contributed by atoms with Crippen LogP contribution in [0.25, 0.3) is 31.0 Å². The van der Waals surface area contributed by atoms with Gasteiger partial charge in [-0.3, -0.25) is 14.2 Å². The smallest absolute Gasteiger partial charge is 0.267 e. The molecule has 0 N–H and O–H groups in total. The minimum absolute atomic E-state index is 0.164. The molecule has 3 aromatic heterocycles. The minimum atomic E-state index is -0.290. The highest BCUT2D eigenvalue weighted by Crippen LogP contribution is 2.30. The van der Waals surface area contributed by atoms with Gasteiger partial charge < -0.3 is 0 Å². The van der Waals surface area contributed by atoms with E-state index in [0.717, 1.165) is 15.1 Å². The Balaban J connectivity index is 1.92. The first kappa shape index (κ1) is 18.0. The third-order valence-electron chi connectivity index (χ3n) is 5.06. The third kappa shape index (κ3) is 2.92. The summed E-state index contributed by atoms with van der Waals surface area (Å²) >= 11 is 2.92. The van der Waals surface area contributed by atoms with Crippen molar-refractivity contribution in [2.75, 3.05) is 0 Å². The van der Waals surface area contributed by atoms with Crippen molar-refractivity contribution >= 4 is 43.0 Å². The Morgan fingerprint density at radius 3 is 2.45 bits per heavy atom. The lowest BCUT2D eigenvalue weighted by Crippen LogP contribution is -2.29. The van der Waals surface area contributed by atoms with Gasteiger partial charge in [0.15, 0.2) is 5.82 Å². The van der Waals surface area contributed by atoms with Crippen molar-refractivity contribution in [1.29, 1.82) is 0 Å². The summed E-state index contributed by atoms with van der Waals surface area (Å²) < 4.78 is 2.50. The summed E-state index contributed by atoms with van der Waals surface area (Å²) in [7, 11) is 0. The lowest BCUT2D eigenvalue weighted by molar-refractivity contribution is 0.618. The third-order valence-corrected chi connectivity index (χ3v) is 6.99. The molecule has 29 heavy (non-hydrogen) atoms. The molecule has 0 amide bonds. The van der Waals surface area contributed by atoms with Crippen LogP contribution in [0.4, 0.5) is 0 Å². The van der Waals surface area contributed by atoms with E-state index in [4.69, 9.17) is 4.98 Å². The van der Waals surface area contributed by atoms with E-state index in [-0.39, 0.29) is 22.4 Å². The van der Waals surface area contributed by atoms with Gasteiger partial charge in [0.25, 0.3) is 5.56 Å². The Morgan fingerprint density at radius 2 is 1.69 bits per heavy atom. The van der Waals surface area contributed by atoms with Gasteiger partial charge in [0, 0.05) is 10.1 Å². The van der Waals surface area contributed by atoms with Gasteiger partial charge in [-0.25, -0.2) is 4.98 Å². The molecule has 0 radical (unpaired) electrons. The molecule has 0 fully saturated rings. The molecule has 0 saturated carbocycles. The molecule has 0 spiro atoms. The molecule has 0 bridgehead atoms. The lowest BCUT2D eigenvalue weighted by Gasteiger charge is -2.19. The maximum atomic E-state index is 13.7. The molecule has 4 nitrogen and oxygen atoms in total. The molecular formula is C23H16N2O2S2. The standard InChI is InChI=1S/C23H16N2O2S2/c1-14(15-8-3-2-4-9-15)25-21(18-12-7-13-28-18)24-22-19(23(25)27)20(26)16-10-5-6-11-17(16)29-22/h2-14H,1H3. The number of thiophene rings is 1. The first-order valence-electron chi connectivity index (χ1n) is 9.22. The fraction of sp³-hybridized carbons (Fsp3) is 0.0870. The predicted molar refractivity (Wildman–Crippen MR) is 121 cm³/mol. The van der Waals surface area contributed by atoms with E-state index in [1.807, 2.05) is 73.0 Å². The Morgan fingerprint density at radius 1 is 0.931 bits per heavy atom. The zero-order chi connectivity index (χ0) is 20.0. The Hall–Kier alpha value is -3.09. The molecule has 6 heteroatoms. The first-order valence-corrected chi connectivity index (χ1v) is 10.9. The summed E-state index contributed by atoms with van der Waals surface area (Å²) in [6.07, 6.45) is 0. The van der Waals surface area contributed by atoms with Crippen molar-refractivity contribution in [3.8, 4) is 10.7 Å². The number of nitrogens with zero attached hydrogens (tertiary/aromatic N) is 2. The summed E-state index contributed by atoms with van der Waals surface area (Å²) in [4.78, 5) is 33.0. The number of fused-ring (bicyclic) bond motifs is 2. The summed E-state index contributed by atoms with van der Waals surface area (Å²) in [6.45, 7) is 1.97. The summed E-state index contributed by atoms with van der Waals surface area (Å²) in [5, 5.41) is 2.69. The van der Waals surface area contributed by atoms with Crippen LogP contribution in [0, 0.1) is 0 Å². The highest BCUT2D eigenvalue weighted by molar-refractivity contribution is 7.24. The fourth-order valence-electron chi connectivity index (χ4n) is 3.58. The molecule has 0 aliphatic rings. The summed E-state index contributed by atoms with van der Waals surface area (Å²) in [6, 6.07) is 20.8. The normalized spacial score (nSPS) is 12.4. The Kier molecular flexibility index (Phi) is 4.38. The monoisotopic (exact) mass is 416 g/mol. The molecular weight excluding hydrogens is 400 g/mol. The SMILES string of the molecule is CC(c1ccccc1)n1c(-c2cccs2)nc2sc3ccccc3c(=O)c2c1=O. The topological polar surface area (TPSA) is 52.0 Å². The van der Waals surface area contributed by atoms with Gasteiger partial charge >= 0.3 is 0 Å². The molecule has 1 unspecified atom stereocenters. The molecule has 3 heterocycles. The van der Waals surface area contributed by atoms with Gasteiger partial charge in [-0.1, -0.05) is 48.5 Å². The van der Waals surface area contributed by atoms with E-state index < -0.39 is 0 Å². The zero-order valence-corrected chi connectivity index (χ0v) is 17.2. The second kappa shape index (κ2) is 7.06. The molecule has 5 aromatic rings. The maximum absolute atomic E-state index is 13.7. The van der Waals surface area contributed by atoms with Crippen molar-refractivity contribution in [2.45, 2.75) is 13.0 Å². The van der Waals surface area contributed by atoms with Gasteiger partial charge in [0.05, 0.1) is 10.9 Å². The van der Waals surface area contributed by atoms with Crippen molar-refractivity contribution in [3.05, 3.63) is 98.3 Å². The first-order chi connectivity index (χ1) is 14.1. The molecule has 5 rings (SSSR count). The van der Waals surface area contributed by atoms with Gasteiger partial charge in [0.2, 0.25) is 5.43 Å². The average Bonchev–Trinajstić information content (AvgIpc) is 3.28. The van der Waals surface area contributed by atoms with E-state index in [1.165, 1.54) is 22.7 Å². The second-order valence-electron chi connectivity index (χ2n) is 6.78. The van der Waals surface area contributed by atoms with Gasteiger partial charge in [-0.15, -0.1) is 22.7 Å². The van der Waals surface area contributed by atoms with Crippen LogP contribution >= 0.6 is 22.7 Å². The molecule has 142 valence electrons. The largest absolute Gasteiger partial charge is 0.288 e. The van der Waals surface area contributed by atoms with E-state index in [0.29, 0.717) is 16.0 Å². The Labute approximate surface area is 174 Å². The molecule has 1 atom stereocenters. The molecule has 0 aliphatic heterocycles. The van der Waals surface area contributed by atoms with Gasteiger partial charge in [-0.2, -0.15) is 0 Å². The molecule has 2 aromatic carbocycles. The molecule has 0 saturated heterocycles. The van der Waals surface area contributed by atoms with Gasteiger partial charge in [0.1, 0.15) is 10.2 Å².